The molecule has 0 bridgehead atoms. The largest absolute Gasteiger partial charge is 0.465 e. The van der Waals surface area contributed by atoms with Gasteiger partial charge in [-0.3, -0.25) is 4.79 Å². The van der Waals surface area contributed by atoms with Crippen molar-refractivity contribution in [2.24, 2.45) is 5.92 Å². The predicted molar refractivity (Wildman–Crippen MR) is 70.7 cm³/mol. The molecule has 1 aromatic heterocycles. The molecule has 1 amide bonds. The summed E-state index contributed by atoms with van der Waals surface area (Å²) in [6.45, 7) is 0. The second-order valence-corrected chi connectivity index (χ2v) is 4.39. The van der Waals surface area contributed by atoms with Crippen molar-refractivity contribution < 1.29 is 14.3 Å². The number of amides is 1. The fraction of sp³-hybridized carbons (Fsp3) is 0.357. The molecule has 5 heteroatoms. The predicted octanol–water partition coefficient (Wildman–Crippen LogP) is 2.16. The molecule has 5 nitrogen and oxygen atoms in total. The van der Waals surface area contributed by atoms with E-state index in [-0.39, 0.29) is 11.8 Å². The molecule has 1 aliphatic carbocycles. The van der Waals surface area contributed by atoms with Gasteiger partial charge in [0.25, 0.3) is 0 Å². The number of allylic oxidation sites excluding steroid dienone is 2. The van der Waals surface area contributed by atoms with E-state index in [1.54, 1.807) is 6.07 Å². The zero-order chi connectivity index (χ0) is 13.7. The second kappa shape index (κ2) is 6.13. The summed E-state index contributed by atoms with van der Waals surface area (Å²) in [7, 11) is 1.31. The van der Waals surface area contributed by atoms with E-state index in [0.29, 0.717) is 11.4 Å². The molecule has 1 aliphatic rings. The molecule has 100 valence electrons. The fourth-order valence-corrected chi connectivity index (χ4v) is 2.00. The highest BCUT2D eigenvalue weighted by molar-refractivity contribution is 5.94. The number of anilines is 1. The van der Waals surface area contributed by atoms with E-state index in [1.165, 1.54) is 19.4 Å². The normalized spacial score (nSPS) is 17.8. The average molecular weight is 260 g/mol. The Bertz CT molecular complexity index is 511. The molecular formula is C14H16N2O3. The van der Waals surface area contributed by atoms with E-state index in [9.17, 15) is 9.59 Å². The van der Waals surface area contributed by atoms with Gasteiger partial charge < -0.3 is 10.1 Å². The van der Waals surface area contributed by atoms with Crippen LogP contribution in [0.5, 0.6) is 0 Å². The van der Waals surface area contributed by atoms with E-state index in [4.69, 9.17) is 0 Å². The summed E-state index contributed by atoms with van der Waals surface area (Å²) < 4.78 is 4.62. The lowest BCUT2D eigenvalue weighted by atomic mass is 9.94. The molecule has 0 saturated carbocycles. The van der Waals surface area contributed by atoms with Gasteiger partial charge in [-0.15, -0.1) is 0 Å². The molecule has 0 spiro atoms. The van der Waals surface area contributed by atoms with Crippen LogP contribution in [0.25, 0.3) is 0 Å². The van der Waals surface area contributed by atoms with Crippen molar-refractivity contribution in [3.05, 3.63) is 36.0 Å². The molecule has 0 aliphatic heterocycles. The number of aromatic nitrogens is 1. The molecule has 1 atom stereocenters. The first kappa shape index (κ1) is 13.3. The van der Waals surface area contributed by atoms with E-state index < -0.39 is 5.97 Å². The lowest BCUT2D eigenvalue weighted by molar-refractivity contribution is -0.120. The second-order valence-electron chi connectivity index (χ2n) is 4.39. The summed E-state index contributed by atoms with van der Waals surface area (Å²) in [5.41, 5.74) is 0.372. The van der Waals surface area contributed by atoms with Crippen molar-refractivity contribution in [1.82, 2.24) is 4.98 Å². The van der Waals surface area contributed by atoms with Gasteiger partial charge in [0.15, 0.2) is 0 Å². The molecule has 1 aromatic rings. The van der Waals surface area contributed by atoms with Gasteiger partial charge in [0.2, 0.25) is 5.91 Å². The number of nitrogens with zero attached hydrogens (tertiary/aromatic N) is 1. The number of esters is 1. The van der Waals surface area contributed by atoms with Crippen LogP contribution in [0.1, 0.15) is 29.6 Å². The van der Waals surface area contributed by atoms with Crippen LogP contribution in [0.15, 0.2) is 30.5 Å². The van der Waals surface area contributed by atoms with Crippen molar-refractivity contribution in [1.29, 1.82) is 0 Å². The summed E-state index contributed by atoms with van der Waals surface area (Å²) in [5, 5.41) is 2.74. The molecular weight excluding hydrogens is 244 g/mol. The Morgan fingerprint density at radius 2 is 2.26 bits per heavy atom. The Hall–Kier alpha value is -2.17. The molecule has 1 heterocycles. The summed E-state index contributed by atoms with van der Waals surface area (Å²) in [6, 6.07) is 3.06. The molecule has 0 radical (unpaired) electrons. The summed E-state index contributed by atoms with van der Waals surface area (Å²) in [4.78, 5) is 27.4. The van der Waals surface area contributed by atoms with Gasteiger partial charge in [0.1, 0.15) is 5.82 Å². The third-order valence-corrected chi connectivity index (χ3v) is 3.07. The van der Waals surface area contributed by atoms with Gasteiger partial charge >= 0.3 is 5.97 Å². The van der Waals surface area contributed by atoms with Crippen molar-refractivity contribution in [2.75, 3.05) is 12.4 Å². The fourth-order valence-electron chi connectivity index (χ4n) is 2.00. The van der Waals surface area contributed by atoms with E-state index in [2.05, 4.69) is 21.1 Å². The maximum Gasteiger partial charge on any atom is 0.338 e. The molecule has 19 heavy (non-hydrogen) atoms. The number of pyridine rings is 1. The highest BCUT2D eigenvalue weighted by atomic mass is 16.5. The monoisotopic (exact) mass is 260 g/mol. The van der Waals surface area contributed by atoms with Crippen LogP contribution >= 0.6 is 0 Å². The highest BCUT2D eigenvalue weighted by Gasteiger charge is 2.19. The molecule has 0 saturated heterocycles. The third-order valence-electron chi connectivity index (χ3n) is 3.07. The zero-order valence-electron chi connectivity index (χ0n) is 10.8. The van der Waals surface area contributed by atoms with E-state index >= 15 is 0 Å². The Labute approximate surface area is 111 Å². The van der Waals surface area contributed by atoms with Gasteiger partial charge in [-0.25, -0.2) is 9.78 Å². The molecule has 2 rings (SSSR count). The number of hydrogen-bond donors (Lipinski definition) is 1. The van der Waals surface area contributed by atoms with Crippen LogP contribution in [0.4, 0.5) is 5.82 Å². The molecule has 0 unspecified atom stereocenters. The Kier molecular flexibility index (Phi) is 4.28. The summed E-state index contributed by atoms with van der Waals surface area (Å²) in [6.07, 6.45) is 8.10. The van der Waals surface area contributed by atoms with Gasteiger partial charge in [0.05, 0.1) is 12.7 Å². The maximum atomic E-state index is 12.0. The maximum absolute atomic E-state index is 12.0. The minimum absolute atomic E-state index is 0.0198. The highest BCUT2D eigenvalue weighted by Crippen LogP contribution is 2.20. The number of carbonyl (C=O) groups is 2. The number of hydrogen-bond acceptors (Lipinski definition) is 4. The summed E-state index contributed by atoms with van der Waals surface area (Å²) in [5.74, 6) is -0.145. The SMILES string of the molecule is COC(=O)c1ccnc(NC(=O)[C@H]2CC=CCC2)c1. The number of carbonyl (C=O) groups excluding carboxylic acids is 2. The minimum Gasteiger partial charge on any atom is -0.465 e. The number of ether oxygens (including phenoxy) is 1. The van der Waals surface area contributed by atoms with Crippen LogP contribution < -0.4 is 5.32 Å². The van der Waals surface area contributed by atoms with Crippen LogP contribution in [-0.4, -0.2) is 24.0 Å². The minimum atomic E-state index is -0.446. The van der Waals surface area contributed by atoms with Gasteiger partial charge in [-0.2, -0.15) is 0 Å². The van der Waals surface area contributed by atoms with Crippen molar-refractivity contribution in [3.8, 4) is 0 Å². The Balaban J connectivity index is 2.04. The van der Waals surface area contributed by atoms with Crippen molar-refractivity contribution >= 4 is 17.7 Å². The van der Waals surface area contributed by atoms with Crippen LogP contribution in [0.2, 0.25) is 0 Å². The summed E-state index contributed by atoms with van der Waals surface area (Å²) >= 11 is 0. The third kappa shape index (κ3) is 3.40. The first-order valence-corrected chi connectivity index (χ1v) is 6.21. The Morgan fingerprint density at radius 1 is 1.42 bits per heavy atom. The zero-order valence-corrected chi connectivity index (χ0v) is 10.8. The van der Waals surface area contributed by atoms with Crippen LogP contribution in [0, 0.1) is 5.92 Å². The number of rotatable bonds is 3. The first-order chi connectivity index (χ1) is 9.20. The first-order valence-electron chi connectivity index (χ1n) is 6.21. The quantitative estimate of drug-likeness (QED) is 0.668. The van der Waals surface area contributed by atoms with E-state index in [0.717, 1.165) is 19.3 Å². The molecule has 1 N–H and O–H groups in total. The van der Waals surface area contributed by atoms with Crippen LogP contribution in [0.3, 0.4) is 0 Å². The molecule has 0 aromatic carbocycles. The molecule has 0 fully saturated rings. The van der Waals surface area contributed by atoms with Gasteiger partial charge in [-0.1, -0.05) is 12.2 Å². The topological polar surface area (TPSA) is 68.3 Å². The van der Waals surface area contributed by atoms with Crippen molar-refractivity contribution in [3.63, 3.8) is 0 Å². The van der Waals surface area contributed by atoms with E-state index in [1.807, 2.05) is 6.08 Å². The van der Waals surface area contributed by atoms with Gasteiger partial charge in [0, 0.05) is 12.1 Å². The van der Waals surface area contributed by atoms with Crippen molar-refractivity contribution in [2.45, 2.75) is 19.3 Å². The number of nitrogens with one attached hydrogen (secondary N) is 1. The number of methoxy groups -OCH3 is 1. The van der Waals surface area contributed by atoms with Crippen LogP contribution in [-0.2, 0) is 9.53 Å². The lowest BCUT2D eigenvalue weighted by Gasteiger charge is -2.16. The van der Waals surface area contributed by atoms with Gasteiger partial charge in [-0.05, 0) is 31.4 Å². The average Bonchev–Trinajstić information content (AvgIpc) is 2.47. The lowest BCUT2D eigenvalue weighted by Crippen LogP contribution is -2.24. The standard InChI is InChI=1S/C14H16N2O3/c1-19-14(18)11-7-8-15-12(9-11)16-13(17)10-5-3-2-4-6-10/h2-3,7-10H,4-6H2,1H3,(H,15,16,17)/t10-/m0/s1. The smallest absolute Gasteiger partial charge is 0.338 e. The Morgan fingerprint density at radius 3 is 2.95 bits per heavy atom.